The Morgan fingerprint density at radius 1 is 0.966 bits per heavy atom. The van der Waals surface area contributed by atoms with Gasteiger partial charge >= 0.3 is 0 Å². The second-order valence-corrected chi connectivity index (χ2v) is 6.96. The predicted octanol–water partition coefficient (Wildman–Crippen LogP) is 2.23. The molecule has 7 heteroatoms. The average molecular weight is 403 g/mol. The lowest BCUT2D eigenvalue weighted by molar-refractivity contribution is -0.158. The fourth-order valence-corrected chi connectivity index (χ4v) is 2.38. The zero-order valence-electron chi connectivity index (χ0n) is 16.8. The molecule has 158 valence electrons. The number of hydrogen-bond acceptors (Lipinski definition) is 6. The SMILES string of the molecule is CC(C)COc1ccc(OCC(O)OC(CO)CNC(=O)c2ccccc2)cc1. The maximum absolute atomic E-state index is 12.0. The van der Waals surface area contributed by atoms with Crippen molar-refractivity contribution < 1.29 is 29.2 Å². The van der Waals surface area contributed by atoms with Crippen molar-refractivity contribution in [2.75, 3.05) is 26.4 Å². The third kappa shape index (κ3) is 8.51. The molecule has 3 N–H and O–H groups in total. The van der Waals surface area contributed by atoms with Crippen molar-refractivity contribution in [1.82, 2.24) is 5.32 Å². The monoisotopic (exact) mass is 403 g/mol. The van der Waals surface area contributed by atoms with Crippen LogP contribution in [0.25, 0.3) is 0 Å². The zero-order valence-corrected chi connectivity index (χ0v) is 16.8. The van der Waals surface area contributed by atoms with Gasteiger partial charge < -0.3 is 29.7 Å². The molecule has 2 aromatic carbocycles. The predicted molar refractivity (Wildman–Crippen MR) is 109 cm³/mol. The molecular formula is C22H29NO6. The Morgan fingerprint density at radius 3 is 2.10 bits per heavy atom. The van der Waals surface area contributed by atoms with Crippen LogP contribution in [0.4, 0.5) is 0 Å². The summed E-state index contributed by atoms with van der Waals surface area (Å²) in [6.07, 6.45) is -2.01. The molecule has 0 aromatic heterocycles. The maximum Gasteiger partial charge on any atom is 0.251 e. The van der Waals surface area contributed by atoms with Gasteiger partial charge in [0.05, 0.1) is 13.2 Å². The van der Waals surface area contributed by atoms with Gasteiger partial charge in [-0.05, 0) is 42.3 Å². The van der Waals surface area contributed by atoms with E-state index in [1.807, 2.05) is 6.07 Å². The number of ether oxygens (including phenoxy) is 3. The van der Waals surface area contributed by atoms with Crippen LogP contribution in [0.2, 0.25) is 0 Å². The molecule has 0 aliphatic heterocycles. The molecule has 2 aromatic rings. The summed E-state index contributed by atoms with van der Waals surface area (Å²) in [6.45, 7) is 4.37. The summed E-state index contributed by atoms with van der Waals surface area (Å²) in [5.41, 5.74) is 0.508. The number of rotatable bonds is 12. The van der Waals surface area contributed by atoms with Gasteiger partial charge in [-0.3, -0.25) is 4.79 Å². The number of carbonyl (C=O) groups is 1. The second-order valence-electron chi connectivity index (χ2n) is 6.96. The molecule has 0 aliphatic rings. The van der Waals surface area contributed by atoms with Gasteiger partial charge in [0.2, 0.25) is 0 Å². The van der Waals surface area contributed by atoms with E-state index in [0.29, 0.717) is 23.8 Å². The van der Waals surface area contributed by atoms with Gasteiger partial charge in [0, 0.05) is 12.1 Å². The van der Waals surface area contributed by atoms with Gasteiger partial charge in [-0.15, -0.1) is 0 Å². The van der Waals surface area contributed by atoms with Crippen molar-refractivity contribution in [1.29, 1.82) is 0 Å². The Morgan fingerprint density at radius 2 is 1.55 bits per heavy atom. The van der Waals surface area contributed by atoms with Gasteiger partial charge in [-0.2, -0.15) is 0 Å². The third-order valence-electron chi connectivity index (χ3n) is 3.88. The van der Waals surface area contributed by atoms with Gasteiger partial charge in [-0.25, -0.2) is 0 Å². The van der Waals surface area contributed by atoms with E-state index in [-0.39, 0.29) is 25.7 Å². The molecule has 2 unspecified atom stereocenters. The van der Waals surface area contributed by atoms with Crippen molar-refractivity contribution in [2.45, 2.75) is 26.2 Å². The van der Waals surface area contributed by atoms with E-state index in [1.54, 1.807) is 48.5 Å². The number of amides is 1. The molecule has 0 bridgehead atoms. The van der Waals surface area contributed by atoms with E-state index in [1.165, 1.54) is 0 Å². The van der Waals surface area contributed by atoms with E-state index >= 15 is 0 Å². The number of carbonyl (C=O) groups excluding carboxylic acids is 1. The lowest BCUT2D eigenvalue weighted by atomic mass is 10.2. The molecule has 1 amide bonds. The van der Waals surface area contributed by atoms with Crippen LogP contribution >= 0.6 is 0 Å². The smallest absolute Gasteiger partial charge is 0.251 e. The van der Waals surface area contributed by atoms with Crippen LogP contribution in [0.15, 0.2) is 54.6 Å². The van der Waals surface area contributed by atoms with Gasteiger partial charge in [-0.1, -0.05) is 32.0 Å². The number of aliphatic hydroxyl groups excluding tert-OH is 2. The largest absolute Gasteiger partial charge is 0.493 e. The summed E-state index contributed by atoms with van der Waals surface area (Å²) in [6, 6.07) is 15.8. The summed E-state index contributed by atoms with van der Waals surface area (Å²) in [5.74, 6) is 1.47. The number of hydrogen-bond donors (Lipinski definition) is 3. The molecular weight excluding hydrogens is 374 g/mol. The first-order chi connectivity index (χ1) is 14.0. The van der Waals surface area contributed by atoms with Crippen LogP contribution in [0.3, 0.4) is 0 Å². The first-order valence-corrected chi connectivity index (χ1v) is 9.61. The Kier molecular flexibility index (Phi) is 9.43. The molecule has 29 heavy (non-hydrogen) atoms. The van der Waals surface area contributed by atoms with Crippen molar-refractivity contribution >= 4 is 5.91 Å². The van der Waals surface area contributed by atoms with Crippen molar-refractivity contribution in [3.05, 3.63) is 60.2 Å². The van der Waals surface area contributed by atoms with Crippen LogP contribution in [0.5, 0.6) is 11.5 Å². The Bertz CT molecular complexity index is 720. The lowest BCUT2D eigenvalue weighted by Gasteiger charge is -2.20. The summed E-state index contributed by atoms with van der Waals surface area (Å²) in [4.78, 5) is 12.0. The van der Waals surface area contributed by atoms with Gasteiger partial charge in [0.1, 0.15) is 24.2 Å². The number of nitrogens with one attached hydrogen (secondary N) is 1. The normalized spacial score (nSPS) is 13.0. The quantitative estimate of drug-likeness (QED) is 0.470. The summed E-state index contributed by atoms with van der Waals surface area (Å²) in [5, 5.41) is 22.1. The standard InChI is InChI=1S/C22H29NO6/c1-16(2)14-27-18-8-10-19(11-9-18)28-15-21(25)29-20(13-24)12-23-22(26)17-6-4-3-5-7-17/h3-11,16,20-21,24-25H,12-15H2,1-2H3,(H,23,26). The molecule has 0 aliphatic carbocycles. The maximum atomic E-state index is 12.0. The van der Waals surface area contributed by atoms with Crippen molar-refractivity contribution in [2.24, 2.45) is 5.92 Å². The van der Waals surface area contributed by atoms with E-state index < -0.39 is 12.4 Å². The molecule has 0 saturated heterocycles. The highest BCUT2D eigenvalue weighted by Crippen LogP contribution is 2.18. The molecule has 0 saturated carbocycles. The minimum Gasteiger partial charge on any atom is -0.493 e. The minimum absolute atomic E-state index is 0.0587. The Balaban J connectivity index is 1.72. The molecule has 7 nitrogen and oxygen atoms in total. The zero-order chi connectivity index (χ0) is 21.1. The van der Waals surface area contributed by atoms with Gasteiger partial charge in [0.15, 0.2) is 6.29 Å². The fourth-order valence-electron chi connectivity index (χ4n) is 2.38. The van der Waals surface area contributed by atoms with Crippen LogP contribution in [-0.2, 0) is 4.74 Å². The fraction of sp³-hybridized carbons (Fsp3) is 0.409. The van der Waals surface area contributed by atoms with Crippen LogP contribution in [0.1, 0.15) is 24.2 Å². The molecule has 0 spiro atoms. The number of benzene rings is 2. The van der Waals surface area contributed by atoms with Gasteiger partial charge in [0.25, 0.3) is 5.91 Å². The molecule has 2 atom stereocenters. The molecule has 0 heterocycles. The summed E-state index contributed by atoms with van der Waals surface area (Å²) in [7, 11) is 0. The minimum atomic E-state index is -1.25. The highest BCUT2D eigenvalue weighted by atomic mass is 16.6. The summed E-state index contributed by atoms with van der Waals surface area (Å²) >= 11 is 0. The number of aliphatic hydroxyl groups is 2. The average Bonchev–Trinajstić information content (AvgIpc) is 2.74. The van der Waals surface area contributed by atoms with Crippen LogP contribution < -0.4 is 14.8 Å². The van der Waals surface area contributed by atoms with E-state index in [2.05, 4.69) is 19.2 Å². The Labute approximate surface area is 171 Å². The third-order valence-corrected chi connectivity index (χ3v) is 3.88. The highest BCUT2D eigenvalue weighted by molar-refractivity contribution is 5.94. The molecule has 0 fully saturated rings. The second kappa shape index (κ2) is 12.1. The highest BCUT2D eigenvalue weighted by Gasteiger charge is 2.16. The lowest BCUT2D eigenvalue weighted by Crippen LogP contribution is -2.39. The van der Waals surface area contributed by atoms with E-state index in [9.17, 15) is 15.0 Å². The van der Waals surface area contributed by atoms with Crippen molar-refractivity contribution in [3.63, 3.8) is 0 Å². The van der Waals surface area contributed by atoms with E-state index in [0.717, 1.165) is 5.75 Å². The topological polar surface area (TPSA) is 97.2 Å². The molecule has 2 rings (SSSR count). The van der Waals surface area contributed by atoms with Crippen LogP contribution in [0, 0.1) is 5.92 Å². The Hall–Kier alpha value is -2.61. The summed E-state index contributed by atoms with van der Waals surface area (Å²) < 4.78 is 16.4. The van der Waals surface area contributed by atoms with E-state index in [4.69, 9.17) is 14.2 Å². The van der Waals surface area contributed by atoms with Crippen molar-refractivity contribution in [3.8, 4) is 11.5 Å². The molecule has 0 radical (unpaired) electrons. The first kappa shape index (κ1) is 22.7. The van der Waals surface area contributed by atoms with Crippen LogP contribution in [-0.4, -0.2) is 54.9 Å². The first-order valence-electron chi connectivity index (χ1n) is 9.61.